The van der Waals surface area contributed by atoms with E-state index in [0.29, 0.717) is 5.84 Å². The Labute approximate surface area is 369 Å². The van der Waals surface area contributed by atoms with E-state index >= 15 is 0 Å². The summed E-state index contributed by atoms with van der Waals surface area (Å²) in [5.74, 6) is 1.50. The summed E-state index contributed by atoms with van der Waals surface area (Å²) in [6.45, 7) is 0. The average Bonchev–Trinajstić information content (AvgIpc) is 3.87. The van der Waals surface area contributed by atoms with Crippen LogP contribution >= 0.6 is 0 Å². The van der Waals surface area contributed by atoms with Crippen LogP contribution in [0.15, 0.2) is 234 Å². The standard InChI is InChI=1S/C59H39N5/c1-5-19-38(20-6-1)48-35-51-50-36-49-45-28-15-16-33-52(45)64(55(49)37-54(50)63(41-25-11-4-12-26-41)56(51)46-29-14-13-27-43(46)48)53-34-18-30-42-44(53)31-17-32-47(42)59-61-57(39-21-7-2-8-22-39)60-58(62-59)40-23-9-3-10-24-40/h1-37,57H,(H,60,61,62). The predicted molar refractivity (Wildman–Crippen MR) is 267 cm³/mol. The summed E-state index contributed by atoms with van der Waals surface area (Å²) in [5, 5.41) is 13.2. The van der Waals surface area contributed by atoms with Gasteiger partial charge >= 0.3 is 0 Å². The summed E-state index contributed by atoms with van der Waals surface area (Å²) in [6, 6.07) is 80.5. The van der Waals surface area contributed by atoms with E-state index in [1.165, 1.54) is 49.0 Å². The van der Waals surface area contributed by atoms with Crippen molar-refractivity contribution >= 4 is 76.8 Å². The molecule has 5 nitrogen and oxygen atoms in total. The van der Waals surface area contributed by atoms with Gasteiger partial charge in [-0.2, -0.15) is 0 Å². The highest BCUT2D eigenvalue weighted by atomic mass is 15.2. The molecule has 1 atom stereocenters. The van der Waals surface area contributed by atoms with Crippen molar-refractivity contribution in [2.75, 3.05) is 0 Å². The zero-order chi connectivity index (χ0) is 42.1. The van der Waals surface area contributed by atoms with Crippen LogP contribution in [-0.4, -0.2) is 20.8 Å². The van der Waals surface area contributed by atoms with Crippen molar-refractivity contribution in [1.29, 1.82) is 0 Å². The van der Waals surface area contributed by atoms with Gasteiger partial charge in [0.25, 0.3) is 0 Å². The molecule has 300 valence electrons. The molecule has 0 radical (unpaired) electrons. The second-order valence-corrected chi connectivity index (χ2v) is 16.6. The van der Waals surface area contributed by atoms with Gasteiger partial charge in [-0.15, -0.1) is 0 Å². The predicted octanol–water partition coefficient (Wildman–Crippen LogP) is 14.3. The summed E-state index contributed by atoms with van der Waals surface area (Å²) in [7, 11) is 0. The molecule has 0 saturated carbocycles. The van der Waals surface area contributed by atoms with Gasteiger partial charge in [0.2, 0.25) is 0 Å². The van der Waals surface area contributed by atoms with Gasteiger partial charge in [-0.25, -0.2) is 9.98 Å². The molecule has 2 aromatic heterocycles. The maximum atomic E-state index is 5.29. The van der Waals surface area contributed by atoms with Crippen molar-refractivity contribution in [2.45, 2.75) is 6.17 Å². The van der Waals surface area contributed by atoms with Crippen LogP contribution < -0.4 is 5.32 Å². The minimum Gasteiger partial charge on any atom is -0.344 e. The van der Waals surface area contributed by atoms with Crippen molar-refractivity contribution in [3.63, 3.8) is 0 Å². The molecular formula is C59H39N5. The second-order valence-electron chi connectivity index (χ2n) is 16.6. The highest BCUT2D eigenvalue weighted by Crippen LogP contribution is 2.45. The third kappa shape index (κ3) is 5.64. The number of para-hydroxylation sites is 2. The summed E-state index contributed by atoms with van der Waals surface area (Å²) in [4.78, 5) is 10.5. The van der Waals surface area contributed by atoms with E-state index in [9.17, 15) is 0 Å². The van der Waals surface area contributed by atoms with E-state index in [1.54, 1.807) is 0 Å². The number of aliphatic imine (C=N–C) groups is 2. The first kappa shape index (κ1) is 36.1. The van der Waals surface area contributed by atoms with Crippen LogP contribution in [0.25, 0.3) is 87.7 Å². The topological polar surface area (TPSA) is 46.6 Å². The highest BCUT2D eigenvalue weighted by molar-refractivity contribution is 6.26. The number of aromatic nitrogens is 2. The first-order valence-electron chi connectivity index (χ1n) is 21.9. The van der Waals surface area contributed by atoms with Crippen LogP contribution in [0.1, 0.15) is 22.9 Å². The molecule has 12 aromatic rings. The number of rotatable bonds is 6. The molecule has 0 saturated heterocycles. The zero-order valence-electron chi connectivity index (χ0n) is 34.7. The first-order valence-corrected chi connectivity index (χ1v) is 21.9. The van der Waals surface area contributed by atoms with Crippen LogP contribution in [0.3, 0.4) is 0 Å². The van der Waals surface area contributed by atoms with Crippen molar-refractivity contribution in [3.8, 4) is 22.5 Å². The van der Waals surface area contributed by atoms with Gasteiger partial charge in [-0.1, -0.05) is 182 Å². The lowest BCUT2D eigenvalue weighted by Gasteiger charge is -2.24. The number of benzene rings is 10. The molecule has 1 unspecified atom stereocenters. The zero-order valence-corrected chi connectivity index (χ0v) is 34.7. The third-order valence-electron chi connectivity index (χ3n) is 12.9. The molecule has 13 rings (SSSR count). The van der Waals surface area contributed by atoms with Crippen LogP contribution in [0.5, 0.6) is 0 Å². The van der Waals surface area contributed by atoms with Gasteiger partial charge in [-0.05, 0) is 69.9 Å². The summed E-state index contributed by atoms with van der Waals surface area (Å²) in [5.41, 5.74) is 12.4. The van der Waals surface area contributed by atoms with Crippen molar-refractivity contribution in [1.82, 2.24) is 14.5 Å². The first-order chi connectivity index (χ1) is 31.8. The van der Waals surface area contributed by atoms with E-state index in [1.807, 2.05) is 12.1 Å². The number of hydrogen-bond donors (Lipinski definition) is 1. The molecular weight excluding hydrogens is 779 g/mol. The highest BCUT2D eigenvalue weighted by Gasteiger charge is 2.25. The fourth-order valence-corrected chi connectivity index (χ4v) is 10.1. The number of hydrogen-bond acceptors (Lipinski definition) is 3. The maximum absolute atomic E-state index is 5.29. The SMILES string of the molecule is c1ccc(C2=NC(c3cccc4c(-n5c6ccccc6c6cc7c8cc(-c9ccccc9)c9ccccc9c8n(-c8ccccc8)c7cc65)cccc34)=NC(c3ccccc3)N2)cc1. The molecule has 10 aromatic carbocycles. The Morgan fingerprint density at radius 3 is 1.73 bits per heavy atom. The second kappa shape index (κ2) is 14.5. The Bertz CT molecular complexity index is 3850. The Balaban J connectivity index is 1.09. The molecule has 0 fully saturated rings. The monoisotopic (exact) mass is 817 g/mol. The quantitative estimate of drug-likeness (QED) is 0.178. The Morgan fingerprint density at radius 1 is 0.375 bits per heavy atom. The van der Waals surface area contributed by atoms with Crippen LogP contribution in [-0.2, 0) is 0 Å². The van der Waals surface area contributed by atoms with Crippen LogP contribution in [0, 0.1) is 0 Å². The van der Waals surface area contributed by atoms with Gasteiger partial charge in [0.1, 0.15) is 12.0 Å². The molecule has 0 spiro atoms. The summed E-state index contributed by atoms with van der Waals surface area (Å²) in [6.07, 6.45) is -0.292. The average molecular weight is 818 g/mol. The van der Waals surface area contributed by atoms with E-state index < -0.39 is 0 Å². The van der Waals surface area contributed by atoms with Gasteiger partial charge in [0.15, 0.2) is 5.84 Å². The largest absolute Gasteiger partial charge is 0.344 e. The number of fused-ring (bicyclic) bond motifs is 9. The third-order valence-corrected chi connectivity index (χ3v) is 12.9. The van der Waals surface area contributed by atoms with Gasteiger partial charge in [-0.3, -0.25) is 0 Å². The number of nitrogens with zero attached hydrogens (tertiary/aromatic N) is 4. The molecule has 1 aliphatic heterocycles. The van der Waals surface area contributed by atoms with Crippen LogP contribution in [0.4, 0.5) is 0 Å². The molecule has 1 aliphatic rings. The number of amidine groups is 2. The normalized spacial score (nSPS) is 14.1. The van der Waals surface area contributed by atoms with Gasteiger partial charge < -0.3 is 14.5 Å². The molecule has 0 aliphatic carbocycles. The van der Waals surface area contributed by atoms with E-state index in [4.69, 9.17) is 9.98 Å². The lowest BCUT2D eigenvalue weighted by Crippen LogP contribution is -2.33. The minimum atomic E-state index is -0.292. The molecule has 1 N–H and O–H groups in total. The molecule has 3 heterocycles. The molecule has 0 amide bonds. The van der Waals surface area contributed by atoms with Crippen molar-refractivity contribution in [2.24, 2.45) is 9.98 Å². The molecule has 5 heteroatoms. The van der Waals surface area contributed by atoms with E-state index in [-0.39, 0.29) is 6.17 Å². The van der Waals surface area contributed by atoms with Crippen LogP contribution in [0.2, 0.25) is 0 Å². The van der Waals surface area contributed by atoms with E-state index in [2.05, 4.69) is 227 Å². The lowest BCUT2D eigenvalue weighted by molar-refractivity contribution is 0.674. The molecule has 64 heavy (non-hydrogen) atoms. The Hall–Kier alpha value is -8.54. The Morgan fingerprint density at radius 2 is 0.953 bits per heavy atom. The smallest absolute Gasteiger partial charge is 0.160 e. The van der Waals surface area contributed by atoms with Gasteiger partial charge in [0.05, 0.1) is 27.8 Å². The van der Waals surface area contributed by atoms with Crippen molar-refractivity contribution in [3.05, 3.63) is 241 Å². The number of nitrogens with one attached hydrogen (secondary N) is 1. The summed E-state index contributed by atoms with van der Waals surface area (Å²) < 4.78 is 4.94. The lowest BCUT2D eigenvalue weighted by atomic mass is 9.95. The fourth-order valence-electron chi connectivity index (χ4n) is 10.1. The minimum absolute atomic E-state index is 0.292. The van der Waals surface area contributed by atoms with Gasteiger partial charge in [0, 0.05) is 49.1 Å². The maximum Gasteiger partial charge on any atom is 0.160 e. The van der Waals surface area contributed by atoms with E-state index in [0.717, 1.165) is 61.2 Å². The fraction of sp³-hybridized carbons (Fsp3) is 0.0169. The summed E-state index contributed by atoms with van der Waals surface area (Å²) >= 11 is 0. The molecule has 0 bridgehead atoms. The Kier molecular flexibility index (Phi) is 8.21. The van der Waals surface area contributed by atoms with Crippen molar-refractivity contribution < 1.29 is 0 Å².